The third kappa shape index (κ3) is 4.60. The second-order valence-electron chi connectivity index (χ2n) is 8.84. The van der Waals surface area contributed by atoms with Gasteiger partial charge >= 0.3 is 6.03 Å². The Labute approximate surface area is 205 Å². The lowest BCUT2D eigenvalue weighted by Crippen LogP contribution is -2.45. The van der Waals surface area contributed by atoms with Crippen LogP contribution in [-0.4, -0.2) is 21.1 Å². The number of urea groups is 1. The molecule has 1 N–H and O–H groups in total. The number of amides is 2. The van der Waals surface area contributed by atoms with E-state index in [1.54, 1.807) is 4.90 Å². The second kappa shape index (κ2) is 9.58. The van der Waals surface area contributed by atoms with Crippen molar-refractivity contribution in [3.05, 3.63) is 113 Å². The summed E-state index contributed by atoms with van der Waals surface area (Å²) in [6.45, 7) is 6.56. The first kappa shape index (κ1) is 22.6. The highest BCUT2D eigenvalue weighted by molar-refractivity contribution is 5.86. The number of carbonyl (C=O) groups is 1. The summed E-state index contributed by atoms with van der Waals surface area (Å²) in [4.78, 5) is 19.7. The van der Waals surface area contributed by atoms with Crippen LogP contribution in [0.2, 0.25) is 0 Å². The minimum absolute atomic E-state index is 0.157. The van der Waals surface area contributed by atoms with E-state index in [1.807, 2.05) is 68.4 Å². The maximum absolute atomic E-state index is 13.2. The number of allylic oxidation sites excluding steroid dienone is 1. The minimum Gasteiger partial charge on any atom is -0.334 e. The summed E-state index contributed by atoms with van der Waals surface area (Å²) in [5, 5.41) is 7.42. The quantitative estimate of drug-likeness (QED) is 0.363. The molecular weight excluding hydrogens is 436 g/mol. The Bertz CT molecular complexity index is 1360. The van der Waals surface area contributed by atoms with Gasteiger partial charge in [-0.05, 0) is 37.0 Å². The number of nitrogens with zero attached hydrogens (tertiary/aromatic N) is 3. The predicted molar refractivity (Wildman–Crippen MR) is 136 cm³/mol. The van der Waals surface area contributed by atoms with Gasteiger partial charge < -0.3 is 9.84 Å². The van der Waals surface area contributed by atoms with Crippen molar-refractivity contribution in [2.75, 3.05) is 0 Å². The number of carbonyl (C=O) groups excluding carboxylic acids is 1. The topological polar surface area (TPSA) is 71.3 Å². The van der Waals surface area contributed by atoms with E-state index in [0.29, 0.717) is 18.3 Å². The number of hydrogen-bond acceptors (Lipinski definition) is 4. The first-order chi connectivity index (χ1) is 17.0. The summed E-state index contributed by atoms with van der Waals surface area (Å²) in [6, 6.07) is 25.7. The lowest BCUT2D eigenvalue weighted by molar-refractivity contribution is 0.203. The maximum atomic E-state index is 13.2. The number of aryl methyl sites for hydroxylation is 2. The number of benzene rings is 3. The number of hydrogen-bond donors (Lipinski definition) is 1. The molecule has 2 heterocycles. The Hall–Kier alpha value is -4.19. The molecule has 1 atom stereocenters. The number of rotatable bonds is 6. The highest BCUT2D eigenvalue weighted by Gasteiger charge is 2.35. The fourth-order valence-corrected chi connectivity index (χ4v) is 4.36. The first-order valence-corrected chi connectivity index (χ1v) is 11.9. The molecule has 1 aliphatic heterocycles. The van der Waals surface area contributed by atoms with E-state index < -0.39 is 6.04 Å². The Balaban J connectivity index is 1.56. The molecule has 2 amide bonds. The van der Waals surface area contributed by atoms with Crippen molar-refractivity contribution < 1.29 is 9.32 Å². The van der Waals surface area contributed by atoms with E-state index in [0.717, 1.165) is 34.4 Å². The van der Waals surface area contributed by atoms with Crippen molar-refractivity contribution in [3.8, 4) is 11.4 Å². The Morgan fingerprint density at radius 2 is 1.60 bits per heavy atom. The standard InChI is InChI=1S/C29H28N4O2/c1-4-21-14-16-24(17-15-21)27-31-28(35-32-27)25-20(3)33(18-22-12-10-19(2)11-13-22)29(34)30-26(25)23-8-6-5-7-9-23/h5-17,26H,4,18H2,1-3H3,(H,30,34). The molecule has 1 aliphatic rings. The van der Waals surface area contributed by atoms with E-state index in [2.05, 4.69) is 41.7 Å². The average Bonchev–Trinajstić information content (AvgIpc) is 3.37. The fourth-order valence-electron chi connectivity index (χ4n) is 4.36. The third-order valence-electron chi connectivity index (χ3n) is 6.47. The molecule has 0 radical (unpaired) electrons. The molecule has 3 aromatic carbocycles. The molecule has 6 heteroatoms. The van der Waals surface area contributed by atoms with Gasteiger partial charge in [0.05, 0.1) is 18.2 Å². The van der Waals surface area contributed by atoms with Crippen molar-refractivity contribution >= 4 is 11.6 Å². The van der Waals surface area contributed by atoms with Gasteiger partial charge in [0.25, 0.3) is 5.89 Å². The van der Waals surface area contributed by atoms with Crippen LogP contribution in [-0.2, 0) is 13.0 Å². The van der Waals surface area contributed by atoms with Crippen LogP contribution in [0.15, 0.2) is 89.1 Å². The molecule has 4 aromatic rings. The van der Waals surface area contributed by atoms with Gasteiger partial charge in [-0.3, -0.25) is 4.90 Å². The zero-order valence-corrected chi connectivity index (χ0v) is 20.2. The van der Waals surface area contributed by atoms with E-state index in [4.69, 9.17) is 9.51 Å². The summed E-state index contributed by atoms with van der Waals surface area (Å²) >= 11 is 0. The smallest absolute Gasteiger partial charge is 0.322 e. The van der Waals surface area contributed by atoms with Crippen molar-refractivity contribution in [1.29, 1.82) is 0 Å². The zero-order chi connectivity index (χ0) is 24.4. The lowest BCUT2D eigenvalue weighted by Gasteiger charge is -2.35. The third-order valence-corrected chi connectivity index (χ3v) is 6.47. The summed E-state index contributed by atoms with van der Waals surface area (Å²) in [6.07, 6.45) is 0.971. The molecule has 0 saturated heterocycles. The molecule has 0 spiro atoms. The Morgan fingerprint density at radius 3 is 2.29 bits per heavy atom. The van der Waals surface area contributed by atoms with Crippen LogP contribution in [0.1, 0.15) is 48.0 Å². The van der Waals surface area contributed by atoms with Gasteiger partial charge in [-0.15, -0.1) is 0 Å². The maximum Gasteiger partial charge on any atom is 0.322 e. The molecule has 6 nitrogen and oxygen atoms in total. The molecule has 0 fully saturated rings. The highest BCUT2D eigenvalue weighted by Crippen LogP contribution is 2.37. The summed E-state index contributed by atoms with van der Waals surface area (Å²) in [7, 11) is 0. The van der Waals surface area contributed by atoms with Crippen LogP contribution < -0.4 is 5.32 Å². The van der Waals surface area contributed by atoms with Crippen LogP contribution in [0.3, 0.4) is 0 Å². The van der Waals surface area contributed by atoms with Gasteiger partial charge in [-0.25, -0.2) is 4.79 Å². The van der Waals surface area contributed by atoms with Crippen LogP contribution >= 0.6 is 0 Å². The van der Waals surface area contributed by atoms with Gasteiger partial charge in [0.1, 0.15) is 0 Å². The van der Waals surface area contributed by atoms with Gasteiger partial charge in [0.2, 0.25) is 5.82 Å². The molecular formula is C29H28N4O2. The van der Waals surface area contributed by atoms with Crippen LogP contribution in [0, 0.1) is 6.92 Å². The monoisotopic (exact) mass is 464 g/mol. The predicted octanol–water partition coefficient (Wildman–Crippen LogP) is 6.31. The molecule has 0 aliphatic carbocycles. The van der Waals surface area contributed by atoms with Crippen LogP contribution in [0.4, 0.5) is 4.79 Å². The van der Waals surface area contributed by atoms with Gasteiger partial charge in [-0.2, -0.15) is 4.98 Å². The summed E-state index contributed by atoms with van der Waals surface area (Å²) in [5.41, 5.74) is 6.91. The molecule has 1 aromatic heterocycles. The number of nitrogens with one attached hydrogen (secondary N) is 1. The van der Waals surface area contributed by atoms with Gasteiger partial charge in [-0.1, -0.05) is 96.5 Å². The molecule has 35 heavy (non-hydrogen) atoms. The van der Waals surface area contributed by atoms with Gasteiger partial charge in [0.15, 0.2) is 0 Å². The Morgan fingerprint density at radius 1 is 0.914 bits per heavy atom. The first-order valence-electron chi connectivity index (χ1n) is 11.9. The van der Waals surface area contributed by atoms with Crippen molar-refractivity contribution in [2.24, 2.45) is 0 Å². The summed E-state index contributed by atoms with van der Waals surface area (Å²) < 4.78 is 5.79. The summed E-state index contributed by atoms with van der Waals surface area (Å²) in [5.74, 6) is 0.927. The van der Waals surface area contributed by atoms with E-state index in [-0.39, 0.29) is 6.03 Å². The van der Waals surface area contributed by atoms with E-state index >= 15 is 0 Å². The molecule has 176 valence electrons. The highest BCUT2D eigenvalue weighted by atomic mass is 16.5. The van der Waals surface area contributed by atoms with Crippen LogP contribution in [0.5, 0.6) is 0 Å². The number of aromatic nitrogens is 2. The molecule has 0 saturated carbocycles. The largest absolute Gasteiger partial charge is 0.334 e. The van der Waals surface area contributed by atoms with Crippen molar-refractivity contribution in [2.45, 2.75) is 39.8 Å². The lowest BCUT2D eigenvalue weighted by atomic mass is 9.94. The Kier molecular flexibility index (Phi) is 6.19. The zero-order valence-electron chi connectivity index (χ0n) is 20.2. The van der Waals surface area contributed by atoms with Crippen molar-refractivity contribution in [3.63, 3.8) is 0 Å². The molecule has 1 unspecified atom stereocenters. The second-order valence-corrected chi connectivity index (χ2v) is 8.84. The van der Waals surface area contributed by atoms with Gasteiger partial charge in [0, 0.05) is 11.3 Å². The van der Waals surface area contributed by atoms with E-state index in [9.17, 15) is 4.79 Å². The molecule has 5 rings (SSSR count). The fraction of sp³-hybridized carbons (Fsp3) is 0.207. The van der Waals surface area contributed by atoms with E-state index in [1.165, 1.54) is 11.1 Å². The normalized spacial score (nSPS) is 15.9. The SMILES string of the molecule is CCc1ccc(-c2noc(C3=C(C)N(Cc4ccc(C)cc4)C(=O)NC3c3ccccc3)n2)cc1. The van der Waals surface area contributed by atoms with Crippen LogP contribution in [0.25, 0.3) is 17.0 Å². The minimum atomic E-state index is -0.395. The van der Waals surface area contributed by atoms with Crippen molar-refractivity contribution in [1.82, 2.24) is 20.4 Å². The average molecular weight is 465 g/mol. The molecule has 0 bridgehead atoms.